The van der Waals surface area contributed by atoms with E-state index in [1.54, 1.807) is 0 Å². The van der Waals surface area contributed by atoms with E-state index in [1.807, 2.05) is 13.8 Å². The molecule has 0 spiro atoms. The van der Waals surface area contributed by atoms with Crippen LogP contribution in [0.15, 0.2) is 0 Å². The highest BCUT2D eigenvalue weighted by molar-refractivity contribution is 7.88. The van der Waals surface area contributed by atoms with Gasteiger partial charge in [0.2, 0.25) is 10.0 Å². The van der Waals surface area contributed by atoms with Crippen molar-refractivity contribution in [2.45, 2.75) is 64.0 Å². The molecule has 1 rings (SSSR count). The molecule has 0 aromatic rings. The number of hydrogen-bond acceptors (Lipinski definition) is 3. The third-order valence-corrected chi connectivity index (χ3v) is 4.07. The van der Waals surface area contributed by atoms with E-state index < -0.39 is 15.6 Å². The molecule has 0 unspecified atom stereocenters. The third kappa shape index (κ3) is 7.01. The molecule has 0 aromatic heterocycles. The average molecular weight is 262 g/mol. The van der Waals surface area contributed by atoms with Crippen LogP contribution in [0.2, 0.25) is 0 Å². The van der Waals surface area contributed by atoms with Crippen molar-refractivity contribution in [3.8, 4) is 0 Å². The van der Waals surface area contributed by atoms with Gasteiger partial charge >= 0.3 is 0 Å². The van der Waals surface area contributed by atoms with Crippen LogP contribution in [0.4, 0.5) is 0 Å². The van der Waals surface area contributed by atoms with Crippen LogP contribution in [-0.4, -0.2) is 32.8 Å². The van der Waals surface area contributed by atoms with Gasteiger partial charge in [0.25, 0.3) is 0 Å². The van der Waals surface area contributed by atoms with Crippen molar-refractivity contribution >= 4 is 10.0 Å². The molecule has 2 N–H and O–H groups in total. The molecule has 0 radical (unpaired) electrons. The molecular formula is C12H26N2O2S. The molecule has 0 bridgehead atoms. The molecule has 1 aliphatic rings. The van der Waals surface area contributed by atoms with Crippen LogP contribution in [0.3, 0.4) is 0 Å². The van der Waals surface area contributed by atoms with Crippen molar-refractivity contribution in [2.75, 3.05) is 12.8 Å². The quantitative estimate of drug-likeness (QED) is 0.740. The van der Waals surface area contributed by atoms with Crippen LogP contribution in [0.1, 0.15) is 52.4 Å². The highest BCUT2D eigenvalue weighted by Gasteiger charge is 2.23. The van der Waals surface area contributed by atoms with E-state index in [4.69, 9.17) is 0 Å². The molecule has 17 heavy (non-hydrogen) atoms. The zero-order chi connectivity index (χ0) is 12.9. The van der Waals surface area contributed by atoms with E-state index in [2.05, 4.69) is 10.0 Å². The van der Waals surface area contributed by atoms with E-state index in [0.29, 0.717) is 12.6 Å². The summed E-state index contributed by atoms with van der Waals surface area (Å²) in [5, 5.41) is 3.50. The molecule has 0 aliphatic heterocycles. The van der Waals surface area contributed by atoms with Crippen LogP contribution in [0.5, 0.6) is 0 Å². The van der Waals surface area contributed by atoms with Gasteiger partial charge in [-0.3, -0.25) is 0 Å². The van der Waals surface area contributed by atoms with Gasteiger partial charge in [0.1, 0.15) is 0 Å². The van der Waals surface area contributed by atoms with Crippen molar-refractivity contribution in [1.29, 1.82) is 0 Å². The summed E-state index contributed by atoms with van der Waals surface area (Å²) in [7, 11) is -3.13. The van der Waals surface area contributed by atoms with Gasteiger partial charge in [0, 0.05) is 18.1 Å². The lowest BCUT2D eigenvalue weighted by Gasteiger charge is -2.28. The zero-order valence-corrected chi connectivity index (χ0v) is 12.1. The number of hydrogen-bond donors (Lipinski definition) is 2. The molecule has 1 fully saturated rings. The first-order chi connectivity index (χ1) is 7.79. The molecule has 5 heteroatoms. The van der Waals surface area contributed by atoms with Crippen molar-refractivity contribution in [3.63, 3.8) is 0 Å². The van der Waals surface area contributed by atoms with Crippen LogP contribution < -0.4 is 10.0 Å². The minimum absolute atomic E-state index is 0.417. The Morgan fingerprint density at radius 1 is 1.12 bits per heavy atom. The van der Waals surface area contributed by atoms with Crippen LogP contribution in [0.25, 0.3) is 0 Å². The lowest BCUT2D eigenvalue weighted by Crippen LogP contribution is -2.51. The molecule has 1 aliphatic carbocycles. The van der Waals surface area contributed by atoms with Crippen LogP contribution in [0, 0.1) is 0 Å². The van der Waals surface area contributed by atoms with Gasteiger partial charge in [0.05, 0.1) is 6.26 Å². The fourth-order valence-electron chi connectivity index (χ4n) is 2.42. The topological polar surface area (TPSA) is 58.2 Å². The molecule has 102 valence electrons. The van der Waals surface area contributed by atoms with E-state index in [9.17, 15) is 8.42 Å². The number of nitrogens with one attached hydrogen (secondary N) is 2. The lowest BCUT2D eigenvalue weighted by molar-refractivity contribution is 0.369. The smallest absolute Gasteiger partial charge is 0.209 e. The molecule has 0 aromatic carbocycles. The minimum Gasteiger partial charge on any atom is -0.312 e. The minimum atomic E-state index is -3.13. The zero-order valence-electron chi connectivity index (χ0n) is 11.3. The van der Waals surface area contributed by atoms with Crippen LogP contribution in [-0.2, 0) is 10.0 Å². The first kappa shape index (κ1) is 14.9. The van der Waals surface area contributed by atoms with Gasteiger partial charge in [-0.25, -0.2) is 13.1 Å². The normalized spacial score (nSPS) is 20.2. The van der Waals surface area contributed by atoms with Gasteiger partial charge in [-0.1, -0.05) is 25.7 Å². The molecule has 0 saturated heterocycles. The summed E-state index contributed by atoms with van der Waals surface area (Å²) >= 11 is 0. The Hall–Kier alpha value is -0.130. The Bertz CT molecular complexity index is 317. The first-order valence-corrected chi connectivity index (χ1v) is 8.40. The summed E-state index contributed by atoms with van der Waals surface area (Å²) in [5.74, 6) is 0. The Morgan fingerprint density at radius 2 is 1.65 bits per heavy atom. The van der Waals surface area contributed by atoms with Gasteiger partial charge in [-0.15, -0.1) is 0 Å². The second kappa shape index (κ2) is 6.16. The molecule has 0 amide bonds. The summed E-state index contributed by atoms with van der Waals surface area (Å²) in [6.07, 6.45) is 8.89. The summed E-state index contributed by atoms with van der Waals surface area (Å²) < 4.78 is 25.1. The Morgan fingerprint density at radius 3 is 2.12 bits per heavy atom. The predicted molar refractivity (Wildman–Crippen MR) is 71.6 cm³/mol. The predicted octanol–water partition coefficient (Wildman–Crippen LogP) is 1.63. The second-order valence-corrected chi connectivity index (χ2v) is 7.58. The van der Waals surface area contributed by atoms with E-state index >= 15 is 0 Å². The Balaban J connectivity index is 2.37. The van der Waals surface area contributed by atoms with E-state index in [0.717, 1.165) is 0 Å². The number of rotatable bonds is 5. The summed E-state index contributed by atoms with van der Waals surface area (Å²) in [4.78, 5) is 0. The summed E-state index contributed by atoms with van der Waals surface area (Å²) in [6, 6.07) is 0.554. The second-order valence-electron chi connectivity index (χ2n) is 5.83. The Kier molecular flexibility index (Phi) is 5.41. The van der Waals surface area contributed by atoms with Gasteiger partial charge in [-0.2, -0.15) is 0 Å². The van der Waals surface area contributed by atoms with E-state index in [-0.39, 0.29) is 0 Å². The maximum atomic E-state index is 11.2. The standard InChI is InChI=1S/C12H26N2O2S/c1-12(2,14-17(3,15)16)10-13-11-8-6-4-5-7-9-11/h11,13-14H,4-10H2,1-3H3. The Labute approximate surface area is 106 Å². The van der Waals surface area contributed by atoms with Gasteiger partial charge in [-0.05, 0) is 26.7 Å². The highest BCUT2D eigenvalue weighted by Crippen LogP contribution is 2.17. The lowest BCUT2D eigenvalue weighted by atomic mass is 10.0. The maximum absolute atomic E-state index is 11.2. The molecule has 4 nitrogen and oxygen atoms in total. The van der Waals surface area contributed by atoms with Crippen molar-refractivity contribution in [2.24, 2.45) is 0 Å². The van der Waals surface area contributed by atoms with Crippen molar-refractivity contribution in [1.82, 2.24) is 10.0 Å². The maximum Gasteiger partial charge on any atom is 0.209 e. The number of sulfonamides is 1. The third-order valence-electron chi connectivity index (χ3n) is 3.15. The monoisotopic (exact) mass is 262 g/mol. The summed E-state index contributed by atoms with van der Waals surface area (Å²) in [5.41, 5.74) is -0.417. The van der Waals surface area contributed by atoms with Crippen molar-refractivity contribution in [3.05, 3.63) is 0 Å². The molecule has 0 heterocycles. The van der Waals surface area contributed by atoms with Gasteiger partial charge in [0.15, 0.2) is 0 Å². The SMILES string of the molecule is CC(C)(CNC1CCCCCC1)NS(C)(=O)=O. The molecule has 1 saturated carbocycles. The van der Waals surface area contributed by atoms with E-state index in [1.165, 1.54) is 44.8 Å². The largest absolute Gasteiger partial charge is 0.312 e. The van der Waals surface area contributed by atoms with Crippen molar-refractivity contribution < 1.29 is 8.42 Å². The first-order valence-electron chi connectivity index (χ1n) is 6.51. The van der Waals surface area contributed by atoms with Crippen LogP contribution >= 0.6 is 0 Å². The van der Waals surface area contributed by atoms with Gasteiger partial charge < -0.3 is 5.32 Å². The molecular weight excluding hydrogens is 236 g/mol. The highest BCUT2D eigenvalue weighted by atomic mass is 32.2. The summed E-state index contributed by atoms with van der Waals surface area (Å²) in [6.45, 7) is 4.51. The fraction of sp³-hybridized carbons (Fsp3) is 1.00. The average Bonchev–Trinajstić information content (AvgIpc) is 2.38. The molecule has 0 atom stereocenters. The fourth-order valence-corrected chi connectivity index (χ4v) is 3.50.